The quantitative estimate of drug-likeness (QED) is 0.515. The molecule has 1 rings (SSSR count). The molecule has 1 fully saturated rings. The molecule has 0 unspecified atom stereocenters. The highest BCUT2D eigenvalue weighted by Crippen LogP contribution is 2.15. The van der Waals surface area contributed by atoms with Gasteiger partial charge in [0.1, 0.15) is 0 Å². The molecule has 0 saturated carbocycles. The Hall–Kier alpha value is -0.960. The number of nitrogens with one attached hydrogen (secondary N) is 2. The minimum absolute atomic E-state index is 0.0000921. The van der Waals surface area contributed by atoms with Crippen LogP contribution in [0.25, 0.3) is 0 Å². The van der Waals surface area contributed by atoms with Crippen molar-refractivity contribution in [1.82, 2.24) is 15.5 Å². The number of hydrogen-bond acceptors (Lipinski definition) is 4. The van der Waals surface area contributed by atoms with Gasteiger partial charge in [-0.1, -0.05) is 0 Å². The molecule has 0 atom stereocenters. The van der Waals surface area contributed by atoms with Crippen LogP contribution in [0.15, 0.2) is 4.99 Å². The fourth-order valence-electron chi connectivity index (χ4n) is 2.55. The van der Waals surface area contributed by atoms with Crippen LogP contribution in [-0.4, -0.2) is 75.0 Å². The summed E-state index contributed by atoms with van der Waals surface area (Å²) in [7, 11) is -3.20. The summed E-state index contributed by atoms with van der Waals surface area (Å²) in [5.74, 6) is 0.582. The highest BCUT2D eigenvalue weighted by Gasteiger charge is 2.28. The largest absolute Gasteiger partial charge is 0.357 e. The molecular formula is C16H32F2N4O2S. The first-order valence-corrected chi connectivity index (χ1v) is 10.5. The maximum atomic E-state index is 12.4. The van der Waals surface area contributed by atoms with Gasteiger partial charge >= 0.3 is 0 Å². The Bertz CT molecular complexity index is 525. The van der Waals surface area contributed by atoms with Crippen molar-refractivity contribution in [3.63, 3.8) is 0 Å². The van der Waals surface area contributed by atoms with Crippen molar-refractivity contribution in [1.29, 1.82) is 0 Å². The molecule has 1 saturated heterocycles. The lowest BCUT2D eigenvalue weighted by Crippen LogP contribution is -2.49. The molecular weight excluding hydrogens is 350 g/mol. The van der Waals surface area contributed by atoms with Crippen molar-refractivity contribution >= 4 is 15.8 Å². The van der Waals surface area contributed by atoms with Crippen LogP contribution in [-0.2, 0) is 9.84 Å². The van der Waals surface area contributed by atoms with Crippen LogP contribution in [0.5, 0.6) is 0 Å². The normalized spacial score (nSPS) is 18.6. The first-order chi connectivity index (χ1) is 11.5. The average Bonchev–Trinajstić information content (AvgIpc) is 2.47. The SMILES string of the molecule is CCNC(=NCCS(=O)(=O)C(C)(C)C)NC1CCN(CC(F)F)CC1. The van der Waals surface area contributed by atoms with Crippen molar-refractivity contribution in [3.8, 4) is 0 Å². The Kier molecular flexibility index (Phi) is 8.53. The van der Waals surface area contributed by atoms with Gasteiger partial charge in [-0.2, -0.15) is 0 Å². The topological polar surface area (TPSA) is 73.8 Å². The fourth-order valence-corrected chi connectivity index (χ4v) is 3.50. The molecule has 0 aliphatic carbocycles. The highest BCUT2D eigenvalue weighted by atomic mass is 32.2. The van der Waals surface area contributed by atoms with Crippen molar-refractivity contribution in [2.75, 3.05) is 38.5 Å². The van der Waals surface area contributed by atoms with Gasteiger partial charge in [0, 0.05) is 25.7 Å². The number of halogens is 2. The summed E-state index contributed by atoms with van der Waals surface area (Å²) in [5.41, 5.74) is 0. The molecule has 0 aromatic rings. The van der Waals surface area contributed by atoms with Crippen LogP contribution in [0.3, 0.4) is 0 Å². The second kappa shape index (κ2) is 9.66. The predicted molar refractivity (Wildman–Crippen MR) is 98.1 cm³/mol. The van der Waals surface area contributed by atoms with Gasteiger partial charge in [-0.05, 0) is 40.5 Å². The maximum absolute atomic E-state index is 12.4. The Morgan fingerprint density at radius 3 is 2.36 bits per heavy atom. The Balaban J connectivity index is 2.52. The Labute approximate surface area is 150 Å². The minimum atomic E-state index is -3.20. The molecule has 0 spiro atoms. The second-order valence-electron chi connectivity index (χ2n) is 7.30. The Morgan fingerprint density at radius 1 is 1.28 bits per heavy atom. The average molecular weight is 383 g/mol. The summed E-state index contributed by atoms with van der Waals surface area (Å²) >= 11 is 0. The molecule has 1 heterocycles. The molecule has 0 aromatic carbocycles. The second-order valence-corrected chi connectivity index (χ2v) is 10.2. The number of piperidine rings is 1. The summed E-state index contributed by atoms with van der Waals surface area (Å²) in [6.07, 6.45) is -0.775. The number of sulfone groups is 1. The summed E-state index contributed by atoms with van der Waals surface area (Å²) in [4.78, 5) is 6.12. The number of aliphatic imine (C=N–C) groups is 1. The lowest BCUT2D eigenvalue weighted by Gasteiger charge is -2.32. The Morgan fingerprint density at radius 2 is 1.88 bits per heavy atom. The number of alkyl halides is 2. The van der Waals surface area contributed by atoms with Crippen LogP contribution < -0.4 is 10.6 Å². The van der Waals surface area contributed by atoms with Crippen molar-refractivity contribution in [3.05, 3.63) is 0 Å². The first kappa shape index (κ1) is 22.1. The number of guanidine groups is 1. The van der Waals surface area contributed by atoms with Crippen molar-refractivity contribution in [2.24, 2.45) is 4.99 Å². The van der Waals surface area contributed by atoms with E-state index in [4.69, 9.17) is 0 Å². The standard InChI is InChI=1S/C16H32F2N4O2S/c1-5-19-15(20-8-11-25(23,24)16(2,3)4)21-13-6-9-22(10-7-13)12-14(17)18/h13-14H,5-12H2,1-4H3,(H2,19,20,21). The van der Waals surface area contributed by atoms with E-state index in [1.54, 1.807) is 25.7 Å². The van der Waals surface area contributed by atoms with Crippen LogP contribution in [0.2, 0.25) is 0 Å². The smallest absolute Gasteiger partial charge is 0.251 e. The number of hydrogen-bond donors (Lipinski definition) is 2. The highest BCUT2D eigenvalue weighted by molar-refractivity contribution is 7.92. The molecule has 0 bridgehead atoms. The summed E-state index contributed by atoms with van der Waals surface area (Å²) in [5, 5.41) is 6.39. The first-order valence-electron chi connectivity index (χ1n) is 8.83. The summed E-state index contributed by atoms with van der Waals surface area (Å²) in [6, 6.07) is 0.158. The molecule has 1 aliphatic rings. The lowest BCUT2D eigenvalue weighted by atomic mass is 10.1. The molecule has 148 valence electrons. The van der Waals surface area contributed by atoms with Gasteiger partial charge < -0.3 is 10.6 Å². The van der Waals surface area contributed by atoms with Crippen LogP contribution in [0.4, 0.5) is 8.78 Å². The van der Waals surface area contributed by atoms with Crippen LogP contribution in [0, 0.1) is 0 Å². The number of nitrogens with zero attached hydrogens (tertiary/aromatic N) is 2. The van der Waals surface area contributed by atoms with Gasteiger partial charge in [0.05, 0.1) is 23.6 Å². The van der Waals surface area contributed by atoms with E-state index in [0.717, 1.165) is 12.8 Å². The van der Waals surface area contributed by atoms with E-state index in [2.05, 4.69) is 15.6 Å². The third-order valence-corrected chi connectivity index (χ3v) is 6.82. The van der Waals surface area contributed by atoms with Gasteiger partial charge in [-0.25, -0.2) is 17.2 Å². The molecule has 0 amide bonds. The molecule has 0 aromatic heterocycles. The van der Waals surface area contributed by atoms with Gasteiger partial charge in [0.25, 0.3) is 6.43 Å². The van der Waals surface area contributed by atoms with Crippen LogP contribution in [0.1, 0.15) is 40.5 Å². The van der Waals surface area contributed by atoms with Gasteiger partial charge in [0.15, 0.2) is 15.8 Å². The number of rotatable bonds is 7. The van der Waals surface area contributed by atoms with Crippen molar-refractivity contribution < 1.29 is 17.2 Å². The monoisotopic (exact) mass is 382 g/mol. The molecule has 6 nitrogen and oxygen atoms in total. The van der Waals surface area contributed by atoms with E-state index in [-0.39, 0.29) is 24.9 Å². The molecule has 25 heavy (non-hydrogen) atoms. The third-order valence-electron chi connectivity index (χ3n) is 4.23. The van der Waals surface area contributed by atoms with E-state index in [0.29, 0.717) is 25.6 Å². The zero-order valence-electron chi connectivity index (χ0n) is 15.7. The third kappa shape index (κ3) is 7.85. The van der Waals surface area contributed by atoms with E-state index in [1.165, 1.54) is 0 Å². The van der Waals surface area contributed by atoms with Crippen LogP contribution >= 0.6 is 0 Å². The van der Waals surface area contributed by atoms with E-state index in [9.17, 15) is 17.2 Å². The maximum Gasteiger partial charge on any atom is 0.251 e. The zero-order valence-corrected chi connectivity index (χ0v) is 16.5. The van der Waals surface area contributed by atoms with Gasteiger partial charge in [0.2, 0.25) is 0 Å². The molecule has 2 N–H and O–H groups in total. The van der Waals surface area contributed by atoms with E-state index in [1.807, 2.05) is 6.92 Å². The fraction of sp³-hybridized carbons (Fsp3) is 0.938. The molecule has 1 aliphatic heterocycles. The zero-order chi connectivity index (χ0) is 19.1. The summed E-state index contributed by atoms with van der Waals surface area (Å²) < 4.78 is 48.3. The molecule has 9 heteroatoms. The predicted octanol–water partition coefficient (Wildman–Crippen LogP) is 1.48. The summed E-state index contributed by atoms with van der Waals surface area (Å²) in [6.45, 7) is 8.93. The number of likely N-dealkylation sites (tertiary alicyclic amines) is 1. The van der Waals surface area contributed by atoms with Gasteiger partial charge in [-0.15, -0.1) is 0 Å². The minimum Gasteiger partial charge on any atom is -0.357 e. The van der Waals surface area contributed by atoms with Gasteiger partial charge in [-0.3, -0.25) is 9.89 Å². The van der Waals surface area contributed by atoms with Crippen molar-refractivity contribution in [2.45, 2.75) is 57.8 Å². The lowest BCUT2D eigenvalue weighted by molar-refractivity contribution is 0.0744. The van der Waals surface area contributed by atoms with E-state index >= 15 is 0 Å². The molecule has 0 radical (unpaired) electrons. The van der Waals surface area contributed by atoms with E-state index < -0.39 is 21.0 Å².